The number of nitrogens with one attached hydrogen (secondary N) is 1. The number of hydrogen-bond donors (Lipinski definition) is 1. The van der Waals surface area contributed by atoms with Gasteiger partial charge >= 0.3 is 0 Å². The van der Waals surface area contributed by atoms with Gasteiger partial charge in [0.15, 0.2) is 0 Å². The minimum absolute atomic E-state index is 0.0558. The normalized spacial score (nSPS) is 27.4. The van der Waals surface area contributed by atoms with E-state index in [1.807, 2.05) is 11.9 Å². The Kier molecular flexibility index (Phi) is 4.39. The molecule has 3 nitrogen and oxygen atoms in total. The summed E-state index contributed by atoms with van der Waals surface area (Å²) in [5.74, 6) is 0.745. The first kappa shape index (κ1) is 11.5. The number of nitrogens with zero attached hydrogens (tertiary/aromatic N) is 1. The van der Waals surface area contributed by atoms with E-state index in [9.17, 15) is 4.79 Å². The van der Waals surface area contributed by atoms with Crippen molar-refractivity contribution in [3.63, 3.8) is 0 Å². The molecular weight excluding hydrogens is 176 g/mol. The number of rotatable bonds is 3. The SMILES string of the molecule is CCCN(C)C(=O)C1NCCCC1C. The van der Waals surface area contributed by atoms with E-state index in [0.29, 0.717) is 5.92 Å². The van der Waals surface area contributed by atoms with Gasteiger partial charge in [-0.15, -0.1) is 0 Å². The molecule has 1 heterocycles. The molecule has 0 aromatic heterocycles. The fourth-order valence-corrected chi connectivity index (χ4v) is 2.06. The summed E-state index contributed by atoms with van der Waals surface area (Å²) in [5.41, 5.74) is 0. The van der Waals surface area contributed by atoms with E-state index in [0.717, 1.165) is 19.5 Å². The molecule has 0 aromatic rings. The van der Waals surface area contributed by atoms with Gasteiger partial charge in [-0.1, -0.05) is 13.8 Å². The van der Waals surface area contributed by atoms with E-state index < -0.39 is 0 Å². The molecule has 2 unspecified atom stereocenters. The predicted octanol–water partition coefficient (Wildman–Crippen LogP) is 1.24. The van der Waals surface area contributed by atoms with Gasteiger partial charge in [-0.3, -0.25) is 4.79 Å². The summed E-state index contributed by atoms with van der Waals surface area (Å²) in [7, 11) is 1.90. The lowest BCUT2D eigenvalue weighted by atomic mass is 9.92. The number of amides is 1. The van der Waals surface area contributed by atoms with Crippen molar-refractivity contribution in [2.24, 2.45) is 5.92 Å². The van der Waals surface area contributed by atoms with Gasteiger partial charge in [0, 0.05) is 13.6 Å². The minimum Gasteiger partial charge on any atom is -0.344 e. The van der Waals surface area contributed by atoms with Gasteiger partial charge < -0.3 is 10.2 Å². The molecule has 0 bridgehead atoms. The Hall–Kier alpha value is -0.570. The second-order valence-corrected chi connectivity index (χ2v) is 4.31. The molecule has 1 rings (SSSR count). The Labute approximate surface area is 86.9 Å². The maximum Gasteiger partial charge on any atom is 0.239 e. The van der Waals surface area contributed by atoms with Crippen LogP contribution in [0, 0.1) is 5.92 Å². The van der Waals surface area contributed by atoms with E-state index >= 15 is 0 Å². The first-order chi connectivity index (χ1) is 6.66. The van der Waals surface area contributed by atoms with E-state index in [1.54, 1.807) is 0 Å². The van der Waals surface area contributed by atoms with Crippen LogP contribution in [0.2, 0.25) is 0 Å². The maximum absolute atomic E-state index is 12.0. The lowest BCUT2D eigenvalue weighted by Gasteiger charge is -2.32. The maximum atomic E-state index is 12.0. The number of carbonyl (C=O) groups is 1. The molecule has 14 heavy (non-hydrogen) atoms. The molecule has 1 saturated heterocycles. The minimum atomic E-state index is 0.0558. The van der Waals surface area contributed by atoms with E-state index in [2.05, 4.69) is 19.2 Å². The zero-order chi connectivity index (χ0) is 10.6. The van der Waals surface area contributed by atoms with Crippen LogP contribution >= 0.6 is 0 Å². The van der Waals surface area contributed by atoms with Crippen molar-refractivity contribution in [2.45, 2.75) is 39.2 Å². The molecule has 1 amide bonds. The first-order valence-electron chi connectivity index (χ1n) is 5.65. The Balaban J connectivity index is 2.49. The number of likely N-dealkylation sites (N-methyl/N-ethyl adjacent to an activating group) is 1. The highest BCUT2D eigenvalue weighted by Gasteiger charge is 2.28. The third-order valence-electron chi connectivity index (χ3n) is 2.97. The molecule has 1 N–H and O–H groups in total. The molecule has 0 radical (unpaired) electrons. The summed E-state index contributed by atoms with van der Waals surface area (Å²) in [4.78, 5) is 13.8. The quantitative estimate of drug-likeness (QED) is 0.740. The smallest absolute Gasteiger partial charge is 0.239 e. The average molecular weight is 198 g/mol. The largest absolute Gasteiger partial charge is 0.344 e. The summed E-state index contributed by atoms with van der Waals surface area (Å²) in [5, 5.41) is 3.32. The summed E-state index contributed by atoms with van der Waals surface area (Å²) >= 11 is 0. The molecule has 2 atom stereocenters. The van der Waals surface area contributed by atoms with Gasteiger partial charge in [0.1, 0.15) is 0 Å². The molecule has 1 aliphatic rings. The number of hydrogen-bond acceptors (Lipinski definition) is 2. The lowest BCUT2D eigenvalue weighted by molar-refractivity contribution is -0.134. The zero-order valence-electron chi connectivity index (χ0n) is 9.55. The standard InChI is InChI=1S/C11H22N2O/c1-4-8-13(3)11(14)10-9(2)6-5-7-12-10/h9-10,12H,4-8H2,1-3H3. The van der Waals surface area contributed by atoms with Gasteiger partial charge in [0.2, 0.25) is 5.91 Å². The Morgan fingerprint density at radius 3 is 2.86 bits per heavy atom. The predicted molar refractivity (Wildman–Crippen MR) is 58.1 cm³/mol. The molecule has 0 aliphatic carbocycles. The van der Waals surface area contributed by atoms with Crippen LogP contribution in [0.15, 0.2) is 0 Å². The topological polar surface area (TPSA) is 32.3 Å². The summed E-state index contributed by atoms with van der Waals surface area (Å²) < 4.78 is 0. The fraction of sp³-hybridized carbons (Fsp3) is 0.909. The summed E-state index contributed by atoms with van der Waals surface area (Å²) in [6, 6.07) is 0.0558. The second kappa shape index (κ2) is 5.35. The molecule has 0 aromatic carbocycles. The fourth-order valence-electron chi connectivity index (χ4n) is 2.06. The third kappa shape index (κ3) is 2.71. The number of carbonyl (C=O) groups excluding carboxylic acids is 1. The van der Waals surface area contributed by atoms with Crippen LogP contribution in [0.1, 0.15) is 33.1 Å². The van der Waals surface area contributed by atoms with Crippen LogP contribution in [-0.2, 0) is 4.79 Å². The highest BCUT2D eigenvalue weighted by molar-refractivity contribution is 5.82. The van der Waals surface area contributed by atoms with Crippen molar-refractivity contribution in [3.8, 4) is 0 Å². The van der Waals surface area contributed by atoms with E-state index in [4.69, 9.17) is 0 Å². The van der Waals surface area contributed by atoms with Gasteiger partial charge in [-0.2, -0.15) is 0 Å². The monoisotopic (exact) mass is 198 g/mol. The second-order valence-electron chi connectivity index (χ2n) is 4.31. The van der Waals surface area contributed by atoms with Gasteiger partial charge in [-0.05, 0) is 31.7 Å². The summed E-state index contributed by atoms with van der Waals surface area (Å²) in [6.45, 7) is 6.11. The molecule has 1 aliphatic heterocycles. The van der Waals surface area contributed by atoms with Crippen LogP contribution in [-0.4, -0.2) is 37.0 Å². The van der Waals surface area contributed by atoms with Gasteiger partial charge in [-0.25, -0.2) is 0 Å². The molecule has 0 saturated carbocycles. The molecule has 3 heteroatoms. The average Bonchev–Trinajstić information content (AvgIpc) is 2.18. The van der Waals surface area contributed by atoms with Gasteiger partial charge in [0.05, 0.1) is 6.04 Å². The van der Waals surface area contributed by atoms with E-state index in [1.165, 1.54) is 12.8 Å². The van der Waals surface area contributed by atoms with E-state index in [-0.39, 0.29) is 11.9 Å². The van der Waals surface area contributed by atoms with Crippen LogP contribution in [0.25, 0.3) is 0 Å². The lowest BCUT2D eigenvalue weighted by Crippen LogP contribution is -2.51. The molecular formula is C11H22N2O. The van der Waals surface area contributed by atoms with Crippen LogP contribution in [0.4, 0.5) is 0 Å². The van der Waals surface area contributed by atoms with Crippen molar-refractivity contribution < 1.29 is 4.79 Å². The molecule has 1 fully saturated rings. The van der Waals surface area contributed by atoms with Crippen molar-refractivity contribution >= 4 is 5.91 Å². The Morgan fingerprint density at radius 1 is 1.57 bits per heavy atom. The van der Waals surface area contributed by atoms with Crippen LogP contribution in [0.3, 0.4) is 0 Å². The van der Waals surface area contributed by atoms with Crippen molar-refractivity contribution in [3.05, 3.63) is 0 Å². The molecule has 82 valence electrons. The Bertz CT molecular complexity index is 194. The summed E-state index contributed by atoms with van der Waals surface area (Å²) in [6.07, 6.45) is 3.40. The van der Waals surface area contributed by atoms with Crippen molar-refractivity contribution in [1.82, 2.24) is 10.2 Å². The van der Waals surface area contributed by atoms with Crippen molar-refractivity contribution in [2.75, 3.05) is 20.1 Å². The van der Waals surface area contributed by atoms with Crippen LogP contribution in [0.5, 0.6) is 0 Å². The third-order valence-corrected chi connectivity index (χ3v) is 2.97. The number of piperidine rings is 1. The molecule has 0 spiro atoms. The Morgan fingerprint density at radius 2 is 2.29 bits per heavy atom. The zero-order valence-corrected chi connectivity index (χ0v) is 9.55. The van der Waals surface area contributed by atoms with Gasteiger partial charge in [0.25, 0.3) is 0 Å². The van der Waals surface area contributed by atoms with Crippen LogP contribution < -0.4 is 5.32 Å². The first-order valence-corrected chi connectivity index (χ1v) is 5.65. The van der Waals surface area contributed by atoms with Crippen molar-refractivity contribution in [1.29, 1.82) is 0 Å². The highest BCUT2D eigenvalue weighted by atomic mass is 16.2. The highest BCUT2D eigenvalue weighted by Crippen LogP contribution is 2.16.